The monoisotopic (exact) mass is 352 g/mol. The SMILES string of the molecule is CC(=O)NC1CC2(CCN(C[C@@H]3C[C@@H]4C=C[C@H]3C4)CC2)c2ccccc21.[HH]. The van der Waals surface area contributed by atoms with E-state index in [1.807, 2.05) is 0 Å². The molecule has 1 spiro atoms. The zero-order valence-electron chi connectivity index (χ0n) is 15.8. The van der Waals surface area contributed by atoms with E-state index in [1.54, 1.807) is 6.92 Å². The Hall–Kier alpha value is -1.61. The maximum atomic E-state index is 11.7. The van der Waals surface area contributed by atoms with Gasteiger partial charge in [-0.3, -0.25) is 4.79 Å². The second kappa shape index (κ2) is 6.23. The number of carbonyl (C=O) groups is 1. The second-order valence-electron chi connectivity index (χ2n) is 9.17. The van der Waals surface area contributed by atoms with Crippen molar-refractivity contribution in [1.82, 2.24) is 10.2 Å². The van der Waals surface area contributed by atoms with E-state index in [2.05, 4.69) is 46.6 Å². The molecule has 0 aromatic heterocycles. The topological polar surface area (TPSA) is 32.3 Å². The Kier molecular flexibility index (Phi) is 3.97. The highest BCUT2D eigenvalue weighted by Crippen LogP contribution is 2.51. The minimum atomic E-state index is 0. The van der Waals surface area contributed by atoms with Crippen LogP contribution in [0, 0.1) is 17.8 Å². The number of likely N-dealkylation sites (tertiary alicyclic amines) is 1. The molecule has 2 fully saturated rings. The minimum Gasteiger partial charge on any atom is -0.349 e. The highest BCUT2D eigenvalue weighted by molar-refractivity contribution is 5.73. The third-order valence-corrected chi connectivity index (χ3v) is 7.60. The lowest BCUT2D eigenvalue weighted by Crippen LogP contribution is -2.44. The molecule has 3 nitrogen and oxygen atoms in total. The number of nitrogens with zero attached hydrogens (tertiary/aromatic N) is 1. The standard InChI is InChI=1S/C23H30N2O.H2/c1-16(26)24-22-14-23(21-5-3-2-4-20(21)22)8-10-25(11-9-23)15-19-13-17-6-7-18(19)12-17;/h2-7,17-19,22H,8-15H2,1H3,(H,24,26);1H/t17-,18+,19+,22?;/m1./s1. The van der Waals surface area contributed by atoms with Crippen LogP contribution in [-0.4, -0.2) is 30.4 Å². The van der Waals surface area contributed by atoms with Gasteiger partial charge in [0.1, 0.15) is 0 Å². The molecular weight excluding hydrogens is 320 g/mol. The summed E-state index contributed by atoms with van der Waals surface area (Å²) in [6.45, 7) is 5.34. The fourth-order valence-corrected chi connectivity index (χ4v) is 6.34. The van der Waals surface area contributed by atoms with Gasteiger partial charge in [0.25, 0.3) is 0 Å². The van der Waals surface area contributed by atoms with Crippen molar-refractivity contribution in [2.24, 2.45) is 17.8 Å². The number of nitrogens with one attached hydrogen (secondary N) is 1. The summed E-state index contributed by atoms with van der Waals surface area (Å²) < 4.78 is 0. The van der Waals surface area contributed by atoms with E-state index in [1.165, 1.54) is 56.4 Å². The highest BCUT2D eigenvalue weighted by atomic mass is 16.1. The lowest BCUT2D eigenvalue weighted by atomic mass is 9.73. The molecule has 26 heavy (non-hydrogen) atoms. The number of rotatable bonds is 3. The molecule has 2 bridgehead atoms. The smallest absolute Gasteiger partial charge is 0.217 e. The Morgan fingerprint density at radius 3 is 2.73 bits per heavy atom. The van der Waals surface area contributed by atoms with E-state index < -0.39 is 0 Å². The van der Waals surface area contributed by atoms with Crippen LogP contribution in [0.3, 0.4) is 0 Å². The van der Waals surface area contributed by atoms with E-state index in [9.17, 15) is 4.79 Å². The third kappa shape index (κ3) is 2.72. The number of allylic oxidation sites excluding steroid dienone is 2. The Morgan fingerprint density at radius 2 is 2.04 bits per heavy atom. The summed E-state index contributed by atoms with van der Waals surface area (Å²) in [5, 5.41) is 3.20. The lowest BCUT2D eigenvalue weighted by Gasteiger charge is -2.41. The number of amides is 1. The van der Waals surface area contributed by atoms with Gasteiger partial charge >= 0.3 is 0 Å². The highest BCUT2D eigenvalue weighted by Gasteiger charge is 2.46. The molecule has 4 aliphatic rings. The van der Waals surface area contributed by atoms with Gasteiger partial charge in [-0.1, -0.05) is 36.4 Å². The van der Waals surface area contributed by atoms with Crippen molar-refractivity contribution in [3.63, 3.8) is 0 Å². The third-order valence-electron chi connectivity index (χ3n) is 7.60. The predicted octanol–water partition coefficient (Wildman–Crippen LogP) is 4.06. The maximum Gasteiger partial charge on any atom is 0.217 e. The average molecular weight is 353 g/mol. The summed E-state index contributed by atoms with van der Waals surface area (Å²) in [7, 11) is 0. The van der Waals surface area contributed by atoms with Gasteiger partial charge in [0.15, 0.2) is 0 Å². The van der Waals surface area contributed by atoms with Gasteiger partial charge in [0.05, 0.1) is 6.04 Å². The largest absolute Gasteiger partial charge is 0.349 e. The molecule has 1 saturated carbocycles. The van der Waals surface area contributed by atoms with Crippen LogP contribution in [0.5, 0.6) is 0 Å². The molecule has 1 aliphatic heterocycles. The number of hydrogen-bond acceptors (Lipinski definition) is 2. The Labute approximate surface area is 158 Å². The van der Waals surface area contributed by atoms with Gasteiger partial charge in [-0.05, 0) is 74.1 Å². The van der Waals surface area contributed by atoms with Crippen LogP contribution < -0.4 is 5.32 Å². The number of hydrogen-bond donors (Lipinski definition) is 1. The molecule has 1 aromatic rings. The molecule has 140 valence electrons. The van der Waals surface area contributed by atoms with Gasteiger partial charge in [-0.2, -0.15) is 0 Å². The van der Waals surface area contributed by atoms with Crippen LogP contribution in [0.15, 0.2) is 36.4 Å². The molecular formula is C23H32N2O. The zero-order valence-corrected chi connectivity index (χ0v) is 15.8. The number of fused-ring (bicyclic) bond motifs is 4. The Morgan fingerprint density at radius 1 is 1.23 bits per heavy atom. The number of carbonyl (C=O) groups excluding carboxylic acids is 1. The average Bonchev–Trinajstić information content (AvgIpc) is 3.32. The van der Waals surface area contributed by atoms with Crippen molar-refractivity contribution in [2.75, 3.05) is 19.6 Å². The van der Waals surface area contributed by atoms with Crippen molar-refractivity contribution in [2.45, 2.75) is 50.5 Å². The first-order chi connectivity index (χ1) is 12.6. The first-order valence-corrected chi connectivity index (χ1v) is 10.4. The molecule has 1 saturated heterocycles. The molecule has 0 radical (unpaired) electrons. The molecule has 1 unspecified atom stereocenters. The van der Waals surface area contributed by atoms with Crippen LogP contribution >= 0.6 is 0 Å². The van der Waals surface area contributed by atoms with Gasteiger partial charge in [-0.15, -0.1) is 0 Å². The predicted molar refractivity (Wildman–Crippen MR) is 106 cm³/mol. The van der Waals surface area contributed by atoms with Crippen LogP contribution in [0.4, 0.5) is 0 Å². The van der Waals surface area contributed by atoms with E-state index in [0.29, 0.717) is 0 Å². The van der Waals surface area contributed by atoms with Crippen molar-refractivity contribution in [1.29, 1.82) is 0 Å². The summed E-state index contributed by atoms with van der Waals surface area (Å²) in [5.41, 5.74) is 3.13. The van der Waals surface area contributed by atoms with Crippen LogP contribution in [0.25, 0.3) is 0 Å². The van der Waals surface area contributed by atoms with Gasteiger partial charge < -0.3 is 10.2 Å². The van der Waals surface area contributed by atoms with Gasteiger partial charge in [0.2, 0.25) is 5.91 Å². The molecule has 1 amide bonds. The molecule has 5 rings (SSSR count). The molecule has 1 heterocycles. The Balaban J connectivity index is 0.00000180. The normalized spacial score (nSPS) is 34.3. The summed E-state index contributed by atoms with van der Waals surface area (Å²) in [6.07, 6.45) is 11.3. The zero-order chi connectivity index (χ0) is 17.7. The summed E-state index contributed by atoms with van der Waals surface area (Å²) >= 11 is 0. The fraction of sp³-hybridized carbons (Fsp3) is 0.609. The molecule has 4 atom stereocenters. The van der Waals surface area contributed by atoms with Crippen LogP contribution in [0.2, 0.25) is 0 Å². The fourth-order valence-electron chi connectivity index (χ4n) is 6.34. The molecule has 3 aliphatic carbocycles. The Bertz CT molecular complexity index is 738. The minimum absolute atomic E-state index is 0. The van der Waals surface area contributed by atoms with Crippen LogP contribution in [0.1, 0.15) is 57.6 Å². The van der Waals surface area contributed by atoms with E-state index in [4.69, 9.17) is 0 Å². The lowest BCUT2D eigenvalue weighted by molar-refractivity contribution is -0.119. The summed E-state index contributed by atoms with van der Waals surface area (Å²) in [5.74, 6) is 2.71. The quantitative estimate of drug-likeness (QED) is 0.832. The van der Waals surface area contributed by atoms with E-state index in [-0.39, 0.29) is 18.8 Å². The molecule has 3 heteroatoms. The molecule has 1 aromatic carbocycles. The van der Waals surface area contributed by atoms with Crippen molar-refractivity contribution >= 4 is 5.91 Å². The first-order valence-electron chi connectivity index (χ1n) is 10.4. The second-order valence-corrected chi connectivity index (χ2v) is 9.17. The van der Waals surface area contributed by atoms with Gasteiger partial charge in [0, 0.05) is 20.3 Å². The van der Waals surface area contributed by atoms with Crippen molar-refractivity contribution in [3.05, 3.63) is 47.5 Å². The van der Waals surface area contributed by atoms with Crippen LogP contribution in [-0.2, 0) is 10.2 Å². The van der Waals surface area contributed by atoms with Gasteiger partial charge in [-0.25, -0.2) is 0 Å². The van der Waals surface area contributed by atoms with E-state index in [0.717, 1.165) is 24.2 Å². The van der Waals surface area contributed by atoms with Crippen molar-refractivity contribution in [3.8, 4) is 0 Å². The first kappa shape index (κ1) is 16.6. The van der Waals surface area contributed by atoms with Crippen molar-refractivity contribution < 1.29 is 6.22 Å². The maximum absolute atomic E-state index is 11.7. The summed E-state index contributed by atoms with van der Waals surface area (Å²) in [4.78, 5) is 14.4. The summed E-state index contributed by atoms with van der Waals surface area (Å²) in [6, 6.07) is 9.02. The number of benzene rings is 1. The molecule has 1 N–H and O–H groups in total. The van der Waals surface area contributed by atoms with E-state index >= 15 is 0 Å². The number of piperidine rings is 1.